The Morgan fingerprint density at radius 3 is 3.06 bits per heavy atom. The first-order chi connectivity index (χ1) is 8.27. The summed E-state index contributed by atoms with van der Waals surface area (Å²) in [5, 5.41) is 11.5. The summed E-state index contributed by atoms with van der Waals surface area (Å²) in [6.45, 7) is 2.63. The molecule has 0 aliphatic carbocycles. The summed E-state index contributed by atoms with van der Waals surface area (Å²) in [7, 11) is 0. The molecule has 0 heterocycles. The summed E-state index contributed by atoms with van der Waals surface area (Å²) in [4.78, 5) is 11.7. The summed E-state index contributed by atoms with van der Waals surface area (Å²) >= 11 is 0. The minimum absolute atomic E-state index is 0. The number of nitrogens with zero attached hydrogens (tertiary/aromatic N) is 1. The van der Waals surface area contributed by atoms with Crippen molar-refractivity contribution in [1.82, 2.24) is 5.32 Å². The molecular weight excluding hydrogens is 212 g/mol. The number of carbonyl (C=O) groups excluding carboxylic acids is 1. The third kappa shape index (κ3) is 4.52. The first-order valence-electron chi connectivity index (χ1n) is 5.71. The zero-order chi connectivity index (χ0) is 12.5. The molecule has 1 amide bonds. The highest BCUT2D eigenvalue weighted by atomic mass is 16.1. The van der Waals surface area contributed by atoms with Gasteiger partial charge in [0, 0.05) is 13.5 Å². The number of benzene rings is 1. The number of hydrogen-bond donors (Lipinski definition) is 1. The molecule has 0 bridgehead atoms. The highest BCUT2D eigenvalue weighted by molar-refractivity contribution is 5.94. The van der Waals surface area contributed by atoms with E-state index in [4.69, 9.17) is 5.26 Å². The van der Waals surface area contributed by atoms with E-state index < -0.39 is 0 Å². The molecule has 0 aliphatic heterocycles. The van der Waals surface area contributed by atoms with E-state index in [0.29, 0.717) is 17.7 Å². The molecule has 1 N–H and O–H groups in total. The van der Waals surface area contributed by atoms with Gasteiger partial charge in [0.25, 0.3) is 5.91 Å². The quantitative estimate of drug-likeness (QED) is 0.791. The van der Waals surface area contributed by atoms with Crippen molar-refractivity contribution >= 4 is 5.91 Å². The van der Waals surface area contributed by atoms with Crippen LogP contribution in [0.25, 0.3) is 0 Å². The van der Waals surface area contributed by atoms with Gasteiger partial charge in [-0.25, -0.2) is 0 Å². The van der Waals surface area contributed by atoms with Crippen molar-refractivity contribution in [3.05, 3.63) is 47.5 Å². The zero-order valence-corrected chi connectivity index (χ0v) is 9.94. The van der Waals surface area contributed by atoms with Crippen molar-refractivity contribution in [3.63, 3.8) is 0 Å². The molecule has 0 fully saturated rings. The van der Waals surface area contributed by atoms with Crippen LogP contribution in [0.4, 0.5) is 0 Å². The van der Waals surface area contributed by atoms with Crippen molar-refractivity contribution in [2.75, 3.05) is 6.54 Å². The lowest BCUT2D eigenvalue weighted by Crippen LogP contribution is -2.23. The average Bonchev–Trinajstić information content (AvgIpc) is 2.38. The molecule has 3 nitrogen and oxygen atoms in total. The maximum absolute atomic E-state index is 11.7. The molecule has 0 saturated heterocycles. The van der Waals surface area contributed by atoms with Gasteiger partial charge < -0.3 is 5.32 Å². The molecule has 0 atom stereocenters. The molecule has 17 heavy (non-hydrogen) atoms. The molecule has 0 unspecified atom stereocenters. The van der Waals surface area contributed by atoms with Crippen molar-refractivity contribution in [1.29, 1.82) is 5.26 Å². The highest BCUT2D eigenvalue weighted by Gasteiger charge is 2.03. The Hall–Kier alpha value is -2.08. The van der Waals surface area contributed by atoms with Gasteiger partial charge in [-0.05, 0) is 24.6 Å². The highest BCUT2D eigenvalue weighted by Crippen LogP contribution is 2.03. The Balaban J connectivity index is 0.00000289. The predicted octanol–water partition coefficient (Wildman–Crippen LogP) is 2.89. The van der Waals surface area contributed by atoms with Gasteiger partial charge in [0.05, 0.1) is 11.6 Å². The SMILES string of the molecule is CCC/C=C/CNC(=O)c1cccc(C#N)c1.[HH]. The number of nitrogens with one attached hydrogen (secondary N) is 1. The summed E-state index contributed by atoms with van der Waals surface area (Å²) in [6, 6.07) is 8.69. The Morgan fingerprint density at radius 1 is 1.53 bits per heavy atom. The first kappa shape index (κ1) is 13.0. The van der Waals surface area contributed by atoms with Crippen LogP contribution in [0.5, 0.6) is 0 Å². The largest absolute Gasteiger partial charge is 0.349 e. The van der Waals surface area contributed by atoms with Gasteiger partial charge in [-0.15, -0.1) is 0 Å². The molecule has 1 rings (SSSR count). The average molecular weight is 230 g/mol. The van der Waals surface area contributed by atoms with E-state index in [2.05, 4.69) is 12.2 Å². The van der Waals surface area contributed by atoms with Crippen molar-refractivity contribution in [2.45, 2.75) is 19.8 Å². The number of unbranched alkanes of at least 4 members (excludes halogenated alkanes) is 1. The second-order valence-electron chi connectivity index (χ2n) is 3.66. The molecule has 90 valence electrons. The Morgan fingerprint density at radius 2 is 2.35 bits per heavy atom. The predicted molar refractivity (Wildman–Crippen MR) is 69.7 cm³/mol. The maximum atomic E-state index is 11.7. The minimum atomic E-state index is -0.150. The fourth-order valence-corrected chi connectivity index (χ4v) is 1.35. The summed E-state index contributed by atoms with van der Waals surface area (Å²) in [6.07, 6.45) is 6.12. The van der Waals surface area contributed by atoms with E-state index in [0.717, 1.165) is 12.8 Å². The number of rotatable bonds is 5. The molecule has 3 heteroatoms. The minimum Gasteiger partial charge on any atom is -0.349 e. The summed E-state index contributed by atoms with van der Waals surface area (Å²) in [5.41, 5.74) is 1.02. The van der Waals surface area contributed by atoms with Gasteiger partial charge in [-0.3, -0.25) is 4.79 Å². The summed E-state index contributed by atoms with van der Waals surface area (Å²) in [5.74, 6) is -0.150. The molecule has 0 radical (unpaired) electrons. The van der Waals surface area contributed by atoms with E-state index >= 15 is 0 Å². The van der Waals surface area contributed by atoms with Crippen molar-refractivity contribution in [3.8, 4) is 6.07 Å². The molecule has 0 aliphatic rings. The van der Waals surface area contributed by atoms with Crippen LogP contribution in [0.15, 0.2) is 36.4 Å². The molecule has 1 aromatic rings. The van der Waals surface area contributed by atoms with Crippen LogP contribution in [-0.4, -0.2) is 12.5 Å². The van der Waals surface area contributed by atoms with E-state index in [1.807, 2.05) is 18.2 Å². The van der Waals surface area contributed by atoms with Gasteiger partial charge in [0.1, 0.15) is 0 Å². The lowest BCUT2D eigenvalue weighted by Gasteiger charge is -2.02. The topological polar surface area (TPSA) is 52.9 Å². The van der Waals surface area contributed by atoms with E-state index in [1.165, 1.54) is 0 Å². The van der Waals surface area contributed by atoms with E-state index in [9.17, 15) is 4.79 Å². The normalized spacial score (nSPS) is 10.1. The second-order valence-corrected chi connectivity index (χ2v) is 3.66. The van der Waals surface area contributed by atoms with Crippen LogP contribution in [-0.2, 0) is 0 Å². The number of nitriles is 1. The van der Waals surface area contributed by atoms with Crippen LogP contribution < -0.4 is 5.32 Å². The third-order valence-corrected chi connectivity index (χ3v) is 2.26. The van der Waals surface area contributed by atoms with E-state index in [-0.39, 0.29) is 7.33 Å². The van der Waals surface area contributed by atoms with Crippen LogP contribution in [0.1, 0.15) is 37.1 Å². The lowest BCUT2D eigenvalue weighted by atomic mass is 10.1. The molecule has 1 aromatic carbocycles. The first-order valence-corrected chi connectivity index (χ1v) is 5.71. The smallest absolute Gasteiger partial charge is 0.251 e. The van der Waals surface area contributed by atoms with Crippen LogP contribution in [0.3, 0.4) is 0 Å². The van der Waals surface area contributed by atoms with Gasteiger partial charge >= 0.3 is 0 Å². The van der Waals surface area contributed by atoms with Gasteiger partial charge in [-0.2, -0.15) is 5.26 Å². The van der Waals surface area contributed by atoms with Gasteiger partial charge in [-0.1, -0.05) is 31.6 Å². The standard InChI is InChI=1S/C14H16N2O.H2/c1-2-3-4-5-9-16-14(17)13-8-6-7-12(10-13)11-15;/h4-8,10H,2-3,9H2,1H3,(H,16,17);1H/b5-4+;. The number of amides is 1. The molecule has 0 spiro atoms. The van der Waals surface area contributed by atoms with Crippen LogP contribution >= 0.6 is 0 Å². The number of hydrogen-bond acceptors (Lipinski definition) is 2. The molecule has 0 aromatic heterocycles. The molecule has 0 saturated carbocycles. The van der Waals surface area contributed by atoms with Crippen molar-refractivity contribution in [2.24, 2.45) is 0 Å². The van der Waals surface area contributed by atoms with Crippen LogP contribution in [0.2, 0.25) is 0 Å². The maximum Gasteiger partial charge on any atom is 0.251 e. The Labute approximate surface area is 103 Å². The van der Waals surface area contributed by atoms with Crippen molar-refractivity contribution < 1.29 is 6.22 Å². The zero-order valence-electron chi connectivity index (χ0n) is 9.94. The van der Waals surface area contributed by atoms with Gasteiger partial charge in [0.15, 0.2) is 0 Å². The Kier molecular flexibility index (Phi) is 5.53. The van der Waals surface area contributed by atoms with Gasteiger partial charge in [0.2, 0.25) is 0 Å². The lowest BCUT2D eigenvalue weighted by molar-refractivity contribution is 0.0958. The fraction of sp³-hybridized carbons (Fsp3) is 0.286. The monoisotopic (exact) mass is 230 g/mol. The third-order valence-electron chi connectivity index (χ3n) is 2.26. The summed E-state index contributed by atoms with van der Waals surface area (Å²) < 4.78 is 0. The number of carbonyl (C=O) groups is 1. The van der Waals surface area contributed by atoms with E-state index in [1.54, 1.807) is 24.3 Å². The number of allylic oxidation sites excluding steroid dienone is 1. The molecular formula is C14H18N2O. The second kappa shape index (κ2) is 7.24. The van der Waals surface area contributed by atoms with Crippen LogP contribution in [0, 0.1) is 11.3 Å². The fourth-order valence-electron chi connectivity index (χ4n) is 1.35. The Bertz CT molecular complexity index is 449.